The Morgan fingerprint density at radius 1 is 1.16 bits per heavy atom. The number of hydrogen-bond acceptors (Lipinski definition) is 1. The van der Waals surface area contributed by atoms with Crippen LogP contribution in [0, 0.1) is 5.92 Å². The molecule has 2 unspecified atom stereocenters. The van der Waals surface area contributed by atoms with Crippen LogP contribution in [-0.2, 0) is 5.33 Å². The lowest BCUT2D eigenvalue weighted by atomic mass is 9.78. The molecule has 3 heteroatoms. The molecule has 2 fully saturated rings. The van der Waals surface area contributed by atoms with Gasteiger partial charge in [-0.2, -0.15) is 0 Å². The normalized spacial score (nSPS) is 27.2. The summed E-state index contributed by atoms with van der Waals surface area (Å²) >= 11 is 9.85. The van der Waals surface area contributed by atoms with E-state index in [1.807, 2.05) is 0 Å². The zero-order chi connectivity index (χ0) is 13.2. The highest BCUT2D eigenvalue weighted by Crippen LogP contribution is 2.38. The number of piperidine rings is 1. The highest BCUT2D eigenvalue weighted by atomic mass is 79.9. The van der Waals surface area contributed by atoms with Crippen LogP contribution >= 0.6 is 27.5 Å². The number of hydrogen-bond donors (Lipinski definition) is 0. The fourth-order valence-corrected chi connectivity index (χ4v) is 4.66. The van der Waals surface area contributed by atoms with Crippen LogP contribution in [0.5, 0.6) is 0 Å². The van der Waals surface area contributed by atoms with Gasteiger partial charge in [0.05, 0.1) is 0 Å². The SMILES string of the molecule is Clc1cc(N2CCCC3CCCCC32)ccc1CBr. The molecule has 104 valence electrons. The number of nitrogens with zero attached hydrogens (tertiary/aromatic N) is 1. The smallest absolute Gasteiger partial charge is 0.0467 e. The van der Waals surface area contributed by atoms with Crippen LogP contribution in [0.4, 0.5) is 5.69 Å². The fourth-order valence-electron chi connectivity index (χ4n) is 3.77. The van der Waals surface area contributed by atoms with Gasteiger partial charge >= 0.3 is 0 Å². The van der Waals surface area contributed by atoms with Crippen LogP contribution in [0.15, 0.2) is 18.2 Å². The predicted molar refractivity (Wildman–Crippen MR) is 86.4 cm³/mol. The van der Waals surface area contributed by atoms with E-state index in [1.165, 1.54) is 56.3 Å². The van der Waals surface area contributed by atoms with E-state index < -0.39 is 0 Å². The summed E-state index contributed by atoms with van der Waals surface area (Å²) in [6.45, 7) is 1.20. The molecule has 0 N–H and O–H groups in total. The van der Waals surface area contributed by atoms with E-state index in [4.69, 9.17) is 11.6 Å². The summed E-state index contributed by atoms with van der Waals surface area (Å²) in [5.41, 5.74) is 2.51. The minimum Gasteiger partial charge on any atom is -0.368 e. The Bertz CT molecular complexity index is 446. The molecule has 1 aromatic rings. The maximum Gasteiger partial charge on any atom is 0.0467 e. The molecule has 2 atom stereocenters. The average molecular weight is 343 g/mol. The van der Waals surface area contributed by atoms with Gasteiger partial charge in [-0.05, 0) is 49.3 Å². The van der Waals surface area contributed by atoms with Gasteiger partial charge < -0.3 is 4.90 Å². The molecular formula is C16H21BrClN. The first kappa shape index (κ1) is 13.8. The van der Waals surface area contributed by atoms with Crippen LogP contribution in [0.2, 0.25) is 5.02 Å². The van der Waals surface area contributed by atoms with Crippen molar-refractivity contribution < 1.29 is 0 Å². The second kappa shape index (κ2) is 6.05. The van der Waals surface area contributed by atoms with Crippen LogP contribution in [0.1, 0.15) is 44.1 Å². The monoisotopic (exact) mass is 341 g/mol. The fraction of sp³-hybridized carbons (Fsp3) is 0.625. The van der Waals surface area contributed by atoms with Gasteiger partial charge in [0.25, 0.3) is 0 Å². The van der Waals surface area contributed by atoms with Gasteiger partial charge in [0.1, 0.15) is 0 Å². The van der Waals surface area contributed by atoms with E-state index in [2.05, 4.69) is 39.0 Å². The van der Waals surface area contributed by atoms with Crippen molar-refractivity contribution in [3.63, 3.8) is 0 Å². The molecule has 19 heavy (non-hydrogen) atoms. The molecule has 2 aliphatic rings. The van der Waals surface area contributed by atoms with Gasteiger partial charge in [-0.15, -0.1) is 0 Å². The number of benzene rings is 1. The Morgan fingerprint density at radius 3 is 2.74 bits per heavy atom. The van der Waals surface area contributed by atoms with Crippen molar-refractivity contribution in [2.75, 3.05) is 11.4 Å². The van der Waals surface area contributed by atoms with Gasteiger partial charge in [0, 0.05) is 28.6 Å². The molecule has 0 aromatic heterocycles. The summed E-state index contributed by atoms with van der Waals surface area (Å²) in [6.07, 6.45) is 8.37. The predicted octanol–water partition coefficient (Wildman–Crippen LogP) is 5.39. The second-order valence-corrected chi connectivity index (χ2v) is 6.82. The minimum absolute atomic E-state index is 0.758. The molecule has 1 nitrogen and oxygen atoms in total. The Balaban J connectivity index is 1.85. The summed E-state index contributed by atoms with van der Waals surface area (Å²) < 4.78 is 0. The first-order valence-corrected chi connectivity index (χ1v) is 8.90. The molecule has 1 heterocycles. The van der Waals surface area contributed by atoms with Crippen molar-refractivity contribution in [3.05, 3.63) is 28.8 Å². The van der Waals surface area contributed by atoms with E-state index in [-0.39, 0.29) is 0 Å². The molecule has 1 aliphatic carbocycles. The van der Waals surface area contributed by atoms with Crippen molar-refractivity contribution in [2.45, 2.75) is 49.9 Å². The van der Waals surface area contributed by atoms with Crippen LogP contribution in [-0.4, -0.2) is 12.6 Å². The highest BCUT2D eigenvalue weighted by molar-refractivity contribution is 9.08. The summed E-state index contributed by atoms with van der Waals surface area (Å²) in [5.74, 6) is 0.914. The Hall–Kier alpha value is -0.210. The first-order valence-electron chi connectivity index (χ1n) is 7.40. The highest BCUT2D eigenvalue weighted by Gasteiger charge is 2.33. The van der Waals surface area contributed by atoms with E-state index in [9.17, 15) is 0 Å². The third-order valence-corrected chi connectivity index (χ3v) is 5.71. The summed E-state index contributed by atoms with van der Waals surface area (Å²) in [5, 5.41) is 1.73. The number of anilines is 1. The minimum atomic E-state index is 0.758. The number of halogens is 2. The molecule has 0 spiro atoms. The molecule has 0 bridgehead atoms. The average Bonchev–Trinajstić information content (AvgIpc) is 2.46. The van der Waals surface area contributed by atoms with Crippen molar-refractivity contribution in [1.29, 1.82) is 0 Å². The Morgan fingerprint density at radius 2 is 1.95 bits per heavy atom. The van der Waals surface area contributed by atoms with E-state index >= 15 is 0 Å². The number of fused-ring (bicyclic) bond motifs is 1. The maximum absolute atomic E-state index is 6.37. The van der Waals surface area contributed by atoms with Gasteiger partial charge in [0.2, 0.25) is 0 Å². The molecular weight excluding hydrogens is 322 g/mol. The third-order valence-electron chi connectivity index (χ3n) is 4.76. The summed E-state index contributed by atoms with van der Waals surface area (Å²) in [6, 6.07) is 7.33. The van der Waals surface area contributed by atoms with Crippen molar-refractivity contribution in [3.8, 4) is 0 Å². The van der Waals surface area contributed by atoms with Gasteiger partial charge in [-0.3, -0.25) is 0 Å². The molecule has 3 rings (SSSR count). The van der Waals surface area contributed by atoms with Crippen LogP contribution in [0.3, 0.4) is 0 Å². The lowest BCUT2D eigenvalue weighted by Crippen LogP contribution is -2.46. The standard InChI is InChI=1S/C16H21BrClN/c17-11-13-7-8-14(10-15(13)18)19-9-3-5-12-4-1-2-6-16(12)19/h7-8,10,12,16H,1-6,9,11H2. The summed E-state index contributed by atoms with van der Waals surface area (Å²) in [7, 11) is 0. The van der Waals surface area contributed by atoms with Crippen LogP contribution < -0.4 is 4.90 Å². The Labute approximate surface area is 129 Å². The van der Waals surface area contributed by atoms with E-state index in [0.29, 0.717) is 0 Å². The number of alkyl halides is 1. The molecule has 1 aromatic carbocycles. The van der Waals surface area contributed by atoms with E-state index in [0.717, 1.165) is 22.3 Å². The van der Waals surface area contributed by atoms with Crippen LogP contribution in [0.25, 0.3) is 0 Å². The van der Waals surface area contributed by atoms with Crippen molar-refractivity contribution in [1.82, 2.24) is 0 Å². The third kappa shape index (κ3) is 2.80. The zero-order valence-electron chi connectivity index (χ0n) is 11.2. The van der Waals surface area contributed by atoms with Crippen molar-refractivity contribution in [2.24, 2.45) is 5.92 Å². The lowest BCUT2D eigenvalue weighted by molar-refractivity contribution is 0.244. The quantitative estimate of drug-likeness (QED) is 0.651. The molecule has 0 amide bonds. The van der Waals surface area contributed by atoms with E-state index in [1.54, 1.807) is 0 Å². The first-order chi connectivity index (χ1) is 9.29. The number of rotatable bonds is 2. The lowest BCUT2D eigenvalue weighted by Gasteiger charge is -2.45. The molecule has 1 aliphatic heterocycles. The largest absolute Gasteiger partial charge is 0.368 e. The molecule has 1 saturated heterocycles. The topological polar surface area (TPSA) is 3.24 Å². The summed E-state index contributed by atoms with van der Waals surface area (Å²) in [4.78, 5) is 2.62. The Kier molecular flexibility index (Phi) is 4.38. The van der Waals surface area contributed by atoms with Crippen molar-refractivity contribution >= 4 is 33.2 Å². The molecule has 0 radical (unpaired) electrons. The van der Waals surface area contributed by atoms with Gasteiger partial charge in [-0.1, -0.05) is 46.4 Å². The zero-order valence-corrected chi connectivity index (χ0v) is 13.6. The maximum atomic E-state index is 6.37. The van der Waals surface area contributed by atoms with Gasteiger partial charge in [-0.25, -0.2) is 0 Å². The molecule has 1 saturated carbocycles. The second-order valence-electron chi connectivity index (χ2n) is 5.86. The van der Waals surface area contributed by atoms with Gasteiger partial charge in [0.15, 0.2) is 0 Å².